The second-order valence-electron chi connectivity index (χ2n) is 3.50. The summed E-state index contributed by atoms with van der Waals surface area (Å²) in [5.41, 5.74) is 5.60. The van der Waals surface area contributed by atoms with Gasteiger partial charge >= 0.3 is 0 Å². The normalized spacial score (nSPS) is 22.2. The second kappa shape index (κ2) is 4.83. The highest BCUT2D eigenvalue weighted by atomic mass is 19.3. The number of hydrogen-bond acceptors (Lipinski definition) is 3. The molecule has 13 heavy (non-hydrogen) atoms. The summed E-state index contributed by atoms with van der Waals surface area (Å²) in [7, 11) is 0. The summed E-state index contributed by atoms with van der Waals surface area (Å²) in [6.07, 6.45) is -0.824. The van der Waals surface area contributed by atoms with Crippen LogP contribution in [-0.4, -0.2) is 38.3 Å². The quantitative estimate of drug-likeness (QED) is 0.679. The minimum atomic E-state index is -2.30. The van der Waals surface area contributed by atoms with E-state index in [1.54, 1.807) is 0 Å². The van der Waals surface area contributed by atoms with E-state index in [0.29, 0.717) is 19.8 Å². The van der Waals surface area contributed by atoms with Crippen molar-refractivity contribution in [2.75, 3.05) is 26.3 Å². The molecule has 0 bridgehead atoms. The maximum Gasteiger partial charge on any atom is 0.250 e. The smallest absolute Gasteiger partial charge is 0.250 e. The summed E-state index contributed by atoms with van der Waals surface area (Å²) in [5.74, 6) is 0. The van der Waals surface area contributed by atoms with Crippen LogP contribution in [0.4, 0.5) is 8.78 Å². The number of halogens is 2. The molecule has 78 valence electrons. The Morgan fingerprint density at radius 2 is 2.00 bits per heavy atom. The molecule has 0 amide bonds. The Labute approximate surface area is 76.6 Å². The fourth-order valence-corrected chi connectivity index (χ4v) is 1.38. The fourth-order valence-electron chi connectivity index (χ4n) is 1.38. The first-order valence-electron chi connectivity index (χ1n) is 4.48. The number of alkyl halides is 2. The maximum atomic E-state index is 11.8. The maximum absolute atomic E-state index is 11.8. The molecule has 0 spiro atoms. The van der Waals surface area contributed by atoms with Crippen molar-refractivity contribution in [2.24, 2.45) is 5.73 Å². The molecular formula is C8H16F2N2O. The van der Waals surface area contributed by atoms with Crippen LogP contribution in [0.15, 0.2) is 0 Å². The van der Waals surface area contributed by atoms with Gasteiger partial charge in [0.15, 0.2) is 0 Å². The van der Waals surface area contributed by atoms with Gasteiger partial charge in [-0.15, -0.1) is 0 Å². The van der Waals surface area contributed by atoms with Crippen LogP contribution in [0.1, 0.15) is 12.8 Å². The van der Waals surface area contributed by atoms with Crippen LogP contribution >= 0.6 is 0 Å². The van der Waals surface area contributed by atoms with Gasteiger partial charge in [0.2, 0.25) is 0 Å². The third kappa shape index (κ3) is 3.97. The van der Waals surface area contributed by atoms with Gasteiger partial charge in [0.25, 0.3) is 6.43 Å². The van der Waals surface area contributed by atoms with Gasteiger partial charge in [-0.1, -0.05) is 0 Å². The molecule has 0 atom stereocenters. The third-order valence-electron chi connectivity index (χ3n) is 2.26. The lowest BCUT2D eigenvalue weighted by atomic mass is 9.91. The van der Waals surface area contributed by atoms with Crippen molar-refractivity contribution in [1.29, 1.82) is 0 Å². The van der Waals surface area contributed by atoms with E-state index in [2.05, 4.69) is 5.32 Å². The Morgan fingerprint density at radius 1 is 1.38 bits per heavy atom. The van der Waals surface area contributed by atoms with Gasteiger partial charge in [-0.2, -0.15) is 0 Å². The van der Waals surface area contributed by atoms with Crippen molar-refractivity contribution >= 4 is 0 Å². The van der Waals surface area contributed by atoms with Crippen molar-refractivity contribution in [3.8, 4) is 0 Å². The molecule has 1 heterocycles. The molecule has 5 heteroatoms. The number of nitrogens with one attached hydrogen (secondary N) is 1. The van der Waals surface area contributed by atoms with Gasteiger partial charge in [-0.25, -0.2) is 8.78 Å². The summed E-state index contributed by atoms with van der Waals surface area (Å²) >= 11 is 0. The van der Waals surface area contributed by atoms with Crippen molar-refractivity contribution in [1.82, 2.24) is 5.32 Å². The zero-order valence-corrected chi connectivity index (χ0v) is 7.56. The largest absolute Gasteiger partial charge is 0.381 e. The second-order valence-corrected chi connectivity index (χ2v) is 3.50. The van der Waals surface area contributed by atoms with E-state index in [4.69, 9.17) is 10.5 Å². The van der Waals surface area contributed by atoms with Crippen LogP contribution in [0, 0.1) is 0 Å². The van der Waals surface area contributed by atoms with Crippen LogP contribution < -0.4 is 11.1 Å². The lowest BCUT2D eigenvalue weighted by Crippen LogP contribution is -2.52. The Bertz CT molecular complexity index is 149. The predicted octanol–water partition coefficient (Wildman–Crippen LogP) is 0.349. The zero-order chi connectivity index (χ0) is 9.73. The summed E-state index contributed by atoms with van der Waals surface area (Å²) < 4.78 is 28.7. The van der Waals surface area contributed by atoms with Crippen molar-refractivity contribution in [3.63, 3.8) is 0 Å². The van der Waals surface area contributed by atoms with E-state index in [-0.39, 0.29) is 12.1 Å². The summed E-state index contributed by atoms with van der Waals surface area (Å²) in [4.78, 5) is 0. The van der Waals surface area contributed by atoms with Gasteiger partial charge < -0.3 is 15.8 Å². The molecule has 1 fully saturated rings. The van der Waals surface area contributed by atoms with E-state index in [0.717, 1.165) is 12.8 Å². The number of nitrogens with two attached hydrogens (primary N) is 1. The predicted molar refractivity (Wildman–Crippen MR) is 45.8 cm³/mol. The Morgan fingerprint density at radius 3 is 2.54 bits per heavy atom. The highest BCUT2D eigenvalue weighted by molar-refractivity contribution is 4.88. The van der Waals surface area contributed by atoms with Crippen LogP contribution in [0.5, 0.6) is 0 Å². The molecule has 0 saturated carbocycles. The molecule has 3 nitrogen and oxygen atoms in total. The Balaban J connectivity index is 2.17. The summed E-state index contributed by atoms with van der Waals surface area (Å²) in [5, 5.41) is 2.66. The first-order valence-corrected chi connectivity index (χ1v) is 4.48. The average molecular weight is 194 g/mol. The minimum Gasteiger partial charge on any atom is -0.381 e. The molecule has 0 aromatic carbocycles. The van der Waals surface area contributed by atoms with E-state index in [1.807, 2.05) is 0 Å². The summed E-state index contributed by atoms with van der Waals surface area (Å²) in [6, 6.07) is 0. The van der Waals surface area contributed by atoms with Crippen molar-refractivity contribution in [3.05, 3.63) is 0 Å². The molecule has 1 rings (SSSR count). The number of hydrogen-bond donors (Lipinski definition) is 2. The fraction of sp³-hybridized carbons (Fsp3) is 1.00. The van der Waals surface area contributed by atoms with Gasteiger partial charge in [0.05, 0.1) is 6.54 Å². The molecule has 0 aromatic heterocycles. The van der Waals surface area contributed by atoms with Crippen molar-refractivity contribution in [2.45, 2.75) is 24.8 Å². The van der Waals surface area contributed by atoms with E-state index in [1.165, 1.54) is 0 Å². The van der Waals surface area contributed by atoms with Gasteiger partial charge in [-0.05, 0) is 12.8 Å². The molecular weight excluding hydrogens is 178 g/mol. The SMILES string of the molecule is NC1(CNCC(F)F)CCOCC1. The zero-order valence-electron chi connectivity index (χ0n) is 7.56. The van der Waals surface area contributed by atoms with Crippen LogP contribution in [0.3, 0.4) is 0 Å². The van der Waals surface area contributed by atoms with Crippen LogP contribution in [0.2, 0.25) is 0 Å². The third-order valence-corrected chi connectivity index (χ3v) is 2.26. The van der Waals surface area contributed by atoms with Gasteiger partial charge in [0, 0.05) is 25.3 Å². The number of rotatable bonds is 4. The van der Waals surface area contributed by atoms with Crippen LogP contribution in [-0.2, 0) is 4.74 Å². The van der Waals surface area contributed by atoms with E-state index >= 15 is 0 Å². The van der Waals surface area contributed by atoms with Crippen molar-refractivity contribution < 1.29 is 13.5 Å². The number of ether oxygens (including phenoxy) is 1. The molecule has 0 radical (unpaired) electrons. The lowest BCUT2D eigenvalue weighted by molar-refractivity contribution is 0.0510. The van der Waals surface area contributed by atoms with E-state index < -0.39 is 6.43 Å². The molecule has 1 aliphatic rings. The molecule has 0 aliphatic carbocycles. The first kappa shape index (κ1) is 10.8. The standard InChI is InChI=1S/C8H16F2N2O/c9-7(10)5-12-6-8(11)1-3-13-4-2-8/h7,12H,1-6,11H2. The Hall–Kier alpha value is -0.260. The highest BCUT2D eigenvalue weighted by Gasteiger charge is 2.27. The lowest BCUT2D eigenvalue weighted by Gasteiger charge is -2.33. The first-order chi connectivity index (χ1) is 6.12. The van der Waals surface area contributed by atoms with Crippen LogP contribution in [0.25, 0.3) is 0 Å². The molecule has 3 N–H and O–H groups in total. The highest BCUT2D eigenvalue weighted by Crippen LogP contribution is 2.16. The summed E-state index contributed by atoms with van der Waals surface area (Å²) in [6.45, 7) is 1.43. The molecule has 1 aliphatic heterocycles. The molecule has 0 unspecified atom stereocenters. The van der Waals surface area contributed by atoms with Gasteiger partial charge in [-0.3, -0.25) is 0 Å². The van der Waals surface area contributed by atoms with Gasteiger partial charge in [0.1, 0.15) is 0 Å². The minimum absolute atomic E-state index is 0.278. The average Bonchev–Trinajstić information content (AvgIpc) is 2.04. The molecule has 0 aromatic rings. The molecule has 1 saturated heterocycles. The van der Waals surface area contributed by atoms with E-state index in [9.17, 15) is 8.78 Å². The topological polar surface area (TPSA) is 47.3 Å². The monoisotopic (exact) mass is 194 g/mol. The Kier molecular flexibility index (Phi) is 4.02.